The van der Waals surface area contributed by atoms with Crippen LogP contribution < -0.4 is 4.90 Å². The van der Waals surface area contributed by atoms with E-state index in [0.717, 1.165) is 38.3 Å². The Morgan fingerprint density at radius 2 is 1.85 bits per heavy atom. The summed E-state index contributed by atoms with van der Waals surface area (Å²) in [6.45, 7) is 3.08. The molecule has 26 heavy (non-hydrogen) atoms. The van der Waals surface area contributed by atoms with Crippen molar-refractivity contribution < 1.29 is 0 Å². The van der Waals surface area contributed by atoms with Crippen molar-refractivity contribution in [3.8, 4) is 0 Å². The van der Waals surface area contributed by atoms with Gasteiger partial charge in [0.2, 0.25) is 0 Å². The van der Waals surface area contributed by atoms with Crippen LogP contribution in [0.25, 0.3) is 0 Å². The number of aromatic nitrogens is 4. The van der Waals surface area contributed by atoms with Crippen LogP contribution >= 0.6 is 0 Å². The van der Waals surface area contributed by atoms with E-state index in [1.54, 1.807) is 0 Å². The number of hydrogen-bond acceptors (Lipinski definition) is 5. The predicted octanol–water partition coefficient (Wildman–Crippen LogP) is 1.90. The lowest BCUT2D eigenvalue weighted by Gasteiger charge is -2.44. The average Bonchev–Trinajstić information content (AvgIpc) is 3.18. The van der Waals surface area contributed by atoms with E-state index in [1.807, 2.05) is 0 Å². The van der Waals surface area contributed by atoms with Crippen LogP contribution in [0.15, 0.2) is 6.07 Å². The van der Waals surface area contributed by atoms with Crippen LogP contribution in [-0.4, -0.2) is 51.1 Å². The molecule has 0 spiro atoms. The molecule has 0 atom stereocenters. The van der Waals surface area contributed by atoms with Gasteiger partial charge in [-0.2, -0.15) is 10.2 Å². The highest BCUT2D eigenvalue weighted by Crippen LogP contribution is 2.28. The Labute approximate surface area is 155 Å². The lowest BCUT2D eigenvalue weighted by atomic mass is 9.95. The molecular formula is C20H28N6. The third-order valence-corrected chi connectivity index (χ3v) is 6.46. The Morgan fingerprint density at radius 1 is 1.04 bits per heavy atom. The maximum absolute atomic E-state index is 4.76. The van der Waals surface area contributed by atoms with Crippen molar-refractivity contribution in [2.45, 2.75) is 57.5 Å². The van der Waals surface area contributed by atoms with Gasteiger partial charge in [-0.15, -0.1) is 5.10 Å². The minimum absolute atomic E-state index is 0.583. The number of anilines is 1. The van der Waals surface area contributed by atoms with Crippen LogP contribution in [0.2, 0.25) is 0 Å². The summed E-state index contributed by atoms with van der Waals surface area (Å²) in [7, 11) is 4.35. The third kappa shape index (κ3) is 2.71. The summed E-state index contributed by atoms with van der Waals surface area (Å²) in [5.41, 5.74) is 6.90. The van der Waals surface area contributed by atoms with Gasteiger partial charge in [-0.25, -0.2) is 0 Å². The van der Waals surface area contributed by atoms with E-state index >= 15 is 0 Å². The molecule has 6 nitrogen and oxygen atoms in total. The van der Waals surface area contributed by atoms with Gasteiger partial charge in [0.1, 0.15) is 0 Å². The fourth-order valence-electron chi connectivity index (χ4n) is 4.70. The standard InChI is InChI=1S/C20H28N6/c1-24(13-19-16-7-3-4-8-18(16)23-25(19)2)15-11-26(12-15)20-10-14-6-5-9-17(14)21-22-20/h10,15H,3-9,11-13H2,1-2H3. The molecule has 2 aromatic rings. The highest BCUT2D eigenvalue weighted by atomic mass is 15.4. The van der Waals surface area contributed by atoms with Crippen molar-refractivity contribution in [1.29, 1.82) is 0 Å². The second-order valence-corrected chi connectivity index (χ2v) is 8.20. The van der Waals surface area contributed by atoms with E-state index in [1.165, 1.54) is 60.3 Å². The lowest BCUT2D eigenvalue weighted by Crippen LogP contribution is -2.58. The maximum atomic E-state index is 4.76. The zero-order chi connectivity index (χ0) is 17.7. The Bertz CT molecular complexity index is 820. The van der Waals surface area contributed by atoms with E-state index in [-0.39, 0.29) is 0 Å². The monoisotopic (exact) mass is 352 g/mol. The first-order valence-corrected chi connectivity index (χ1v) is 10.0. The van der Waals surface area contributed by atoms with Crippen molar-refractivity contribution in [2.24, 2.45) is 7.05 Å². The highest BCUT2D eigenvalue weighted by Gasteiger charge is 2.33. The zero-order valence-electron chi connectivity index (χ0n) is 15.9. The van der Waals surface area contributed by atoms with E-state index < -0.39 is 0 Å². The van der Waals surface area contributed by atoms with Gasteiger partial charge in [-0.05, 0) is 69.2 Å². The maximum Gasteiger partial charge on any atom is 0.151 e. The summed E-state index contributed by atoms with van der Waals surface area (Å²) in [5.74, 6) is 1.06. The van der Waals surface area contributed by atoms with Gasteiger partial charge in [-0.3, -0.25) is 9.58 Å². The molecule has 2 aliphatic carbocycles. The highest BCUT2D eigenvalue weighted by molar-refractivity contribution is 5.45. The van der Waals surface area contributed by atoms with Crippen molar-refractivity contribution in [2.75, 3.05) is 25.0 Å². The van der Waals surface area contributed by atoms with Crippen LogP contribution in [-0.2, 0) is 39.3 Å². The minimum atomic E-state index is 0.583. The molecule has 0 saturated carbocycles. The number of rotatable bonds is 4. The van der Waals surface area contributed by atoms with Gasteiger partial charge in [0.25, 0.3) is 0 Å². The van der Waals surface area contributed by atoms with Crippen LogP contribution in [0.5, 0.6) is 0 Å². The van der Waals surface area contributed by atoms with Gasteiger partial charge in [0, 0.05) is 32.7 Å². The molecule has 138 valence electrons. The van der Waals surface area contributed by atoms with E-state index in [0.29, 0.717) is 6.04 Å². The first-order chi connectivity index (χ1) is 12.7. The fourth-order valence-corrected chi connectivity index (χ4v) is 4.70. The largest absolute Gasteiger partial charge is 0.352 e. The minimum Gasteiger partial charge on any atom is -0.352 e. The molecule has 5 rings (SSSR count). The molecule has 0 N–H and O–H groups in total. The summed E-state index contributed by atoms with van der Waals surface area (Å²) in [6.07, 6.45) is 8.45. The molecular weight excluding hydrogens is 324 g/mol. The summed E-state index contributed by atoms with van der Waals surface area (Å²) in [4.78, 5) is 4.86. The first kappa shape index (κ1) is 16.2. The summed E-state index contributed by atoms with van der Waals surface area (Å²) in [6, 6.07) is 2.85. The number of likely N-dealkylation sites (N-methyl/N-ethyl adjacent to an activating group) is 1. The molecule has 2 aromatic heterocycles. The second-order valence-electron chi connectivity index (χ2n) is 8.20. The summed E-state index contributed by atoms with van der Waals surface area (Å²) < 4.78 is 2.12. The van der Waals surface area contributed by atoms with Crippen molar-refractivity contribution in [3.63, 3.8) is 0 Å². The van der Waals surface area contributed by atoms with Gasteiger partial charge in [0.15, 0.2) is 5.82 Å². The number of nitrogens with zero attached hydrogens (tertiary/aromatic N) is 6. The summed E-state index contributed by atoms with van der Waals surface area (Å²) >= 11 is 0. The van der Waals surface area contributed by atoms with Crippen molar-refractivity contribution >= 4 is 5.82 Å². The van der Waals surface area contributed by atoms with Crippen molar-refractivity contribution in [3.05, 3.63) is 34.3 Å². The first-order valence-electron chi connectivity index (χ1n) is 10.0. The lowest BCUT2D eigenvalue weighted by molar-refractivity contribution is 0.192. The fraction of sp³-hybridized carbons (Fsp3) is 0.650. The molecule has 1 aliphatic heterocycles. The Hall–Kier alpha value is -1.95. The predicted molar refractivity (Wildman–Crippen MR) is 101 cm³/mol. The number of hydrogen-bond donors (Lipinski definition) is 0. The van der Waals surface area contributed by atoms with Gasteiger partial charge in [0.05, 0.1) is 17.1 Å². The van der Waals surface area contributed by atoms with Crippen molar-refractivity contribution in [1.82, 2.24) is 24.9 Å². The number of fused-ring (bicyclic) bond motifs is 2. The van der Waals surface area contributed by atoms with Crippen LogP contribution in [0.1, 0.15) is 47.5 Å². The van der Waals surface area contributed by atoms with E-state index in [2.05, 4.69) is 44.8 Å². The molecule has 0 bridgehead atoms. The molecule has 6 heteroatoms. The van der Waals surface area contributed by atoms with Gasteiger partial charge < -0.3 is 4.90 Å². The second kappa shape index (κ2) is 6.34. The van der Waals surface area contributed by atoms with E-state index in [4.69, 9.17) is 5.10 Å². The Kier molecular flexibility index (Phi) is 3.96. The topological polar surface area (TPSA) is 50.1 Å². The molecule has 0 unspecified atom stereocenters. The average molecular weight is 352 g/mol. The number of aryl methyl sites for hydroxylation is 4. The Balaban J connectivity index is 1.23. The van der Waals surface area contributed by atoms with Crippen LogP contribution in [0, 0.1) is 0 Å². The molecule has 3 aliphatic rings. The van der Waals surface area contributed by atoms with E-state index in [9.17, 15) is 0 Å². The molecule has 1 fully saturated rings. The summed E-state index contributed by atoms with van der Waals surface area (Å²) in [5, 5.41) is 13.7. The van der Waals surface area contributed by atoms with Crippen LogP contribution in [0.3, 0.4) is 0 Å². The molecule has 3 heterocycles. The Morgan fingerprint density at radius 3 is 2.73 bits per heavy atom. The molecule has 0 aromatic carbocycles. The van der Waals surface area contributed by atoms with Gasteiger partial charge >= 0.3 is 0 Å². The smallest absolute Gasteiger partial charge is 0.151 e. The normalized spacial score (nSPS) is 19.6. The molecule has 0 radical (unpaired) electrons. The SMILES string of the molecule is CN(Cc1c2c(nn1C)CCCC2)C1CN(c2cc3c(nn2)CCC3)C1. The quantitative estimate of drug-likeness (QED) is 0.841. The zero-order valence-corrected chi connectivity index (χ0v) is 15.9. The third-order valence-electron chi connectivity index (χ3n) is 6.46. The van der Waals surface area contributed by atoms with Gasteiger partial charge in [-0.1, -0.05) is 0 Å². The molecule has 1 saturated heterocycles. The molecule has 0 amide bonds. The van der Waals surface area contributed by atoms with Crippen LogP contribution in [0.4, 0.5) is 5.82 Å².